The van der Waals surface area contributed by atoms with Crippen molar-refractivity contribution in [3.63, 3.8) is 0 Å². The Bertz CT molecular complexity index is 1980. The van der Waals surface area contributed by atoms with Gasteiger partial charge in [0.1, 0.15) is 11.5 Å². The molecule has 6 aromatic rings. The lowest BCUT2D eigenvalue weighted by molar-refractivity contribution is 0.0686. The van der Waals surface area contributed by atoms with E-state index in [1.165, 1.54) is 0 Å². The van der Waals surface area contributed by atoms with Gasteiger partial charge in [-0.3, -0.25) is 0 Å². The SMILES string of the molecule is CCOc1cc(-c2ccc(C(=O)O)cc2)c2cc(Cl)ccc2c1-c1c(OCC)cc(-c2ccc(C(=O)O)cc2)c2cc(Cl)ccc12. The van der Waals surface area contributed by atoms with Crippen LogP contribution in [-0.4, -0.2) is 35.4 Å². The summed E-state index contributed by atoms with van der Waals surface area (Å²) >= 11 is 13.1. The molecule has 0 aromatic heterocycles. The Kier molecular flexibility index (Phi) is 8.59. The smallest absolute Gasteiger partial charge is 0.335 e. The average molecular weight is 652 g/mol. The molecule has 6 nitrogen and oxygen atoms in total. The number of carboxylic acids is 2. The maximum absolute atomic E-state index is 11.5. The lowest BCUT2D eigenvalue weighted by Gasteiger charge is -2.22. The van der Waals surface area contributed by atoms with Crippen molar-refractivity contribution in [1.29, 1.82) is 0 Å². The van der Waals surface area contributed by atoms with Gasteiger partial charge < -0.3 is 19.7 Å². The highest BCUT2D eigenvalue weighted by Crippen LogP contribution is 2.51. The number of halogens is 2. The first-order valence-corrected chi connectivity index (χ1v) is 15.4. The zero-order chi connectivity index (χ0) is 32.5. The molecule has 0 unspecified atom stereocenters. The van der Waals surface area contributed by atoms with Crippen LogP contribution in [0.25, 0.3) is 54.9 Å². The predicted molar refractivity (Wildman–Crippen MR) is 184 cm³/mol. The molecule has 0 atom stereocenters. The van der Waals surface area contributed by atoms with E-state index >= 15 is 0 Å². The molecule has 6 rings (SSSR count). The molecule has 0 saturated heterocycles. The second-order valence-corrected chi connectivity index (χ2v) is 11.5. The minimum atomic E-state index is -0.999. The van der Waals surface area contributed by atoms with E-state index in [9.17, 15) is 19.8 Å². The molecule has 0 aliphatic rings. The summed E-state index contributed by atoms with van der Waals surface area (Å²) in [5.74, 6) is -0.765. The summed E-state index contributed by atoms with van der Waals surface area (Å²) < 4.78 is 12.7. The lowest BCUT2D eigenvalue weighted by atomic mass is 9.86. The van der Waals surface area contributed by atoms with Crippen molar-refractivity contribution in [2.75, 3.05) is 13.2 Å². The van der Waals surface area contributed by atoms with E-state index < -0.39 is 11.9 Å². The Morgan fingerprint density at radius 3 is 1.24 bits per heavy atom. The number of aromatic carboxylic acids is 2. The number of carbonyl (C=O) groups is 2. The van der Waals surface area contributed by atoms with Gasteiger partial charge in [0.25, 0.3) is 0 Å². The van der Waals surface area contributed by atoms with Crippen LogP contribution in [-0.2, 0) is 0 Å². The van der Waals surface area contributed by atoms with E-state index in [1.54, 1.807) is 48.5 Å². The number of hydrogen-bond donors (Lipinski definition) is 2. The van der Waals surface area contributed by atoms with Crippen LogP contribution < -0.4 is 9.47 Å². The van der Waals surface area contributed by atoms with Crippen molar-refractivity contribution in [3.8, 4) is 44.9 Å². The Labute approximate surface area is 275 Å². The van der Waals surface area contributed by atoms with Gasteiger partial charge in [0.15, 0.2) is 0 Å². The molecule has 6 aromatic carbocycles. The molecular formula is C38H28Cl2O6. The van der Waals surface area contributed by atoms with Crippen molar-refractivity contribution in [2.45, 2.75) is 13.8 Å². The molecule has 0 saturated carbocycles. The van der Waals surface area contributed by atoms with Gasteiger partial charge in [0.05, 0.1) is 24.3 Å². The first-order valence-electron chi connectivity index (χ1n) is 14.7. The van der Waals surface area contributed by atoms with Crippen molar-refractivity contribution in [2.24, 2.45) is 0 Å². The lowest BCUT2D eigenvalue weighted by Crippen LogP contribution is -2.01. The fourth-order valence-electron chi connectivity index (χ4n) is 5.86. The highest BCUT2D eigenvalue weighted by molar-refractivity contribution is 6.32. The van der Waals surface area contributed by atoms with Gasteiger partial charge in [-0.15, -0.1) is 0 Å². The maximum Gasteiger partial charge on any atom is 0.335 e. The molecule has 0 amide bonds. The third kappa shape index (κ3) is 5.73. The van der Waals surface area contributed by atoms with Gasteiger partial charge in [0, 0.05) is 21.2 Å². The van der Waals surface area contributed by atoms with Crippen LogP contribution in [0.3, 0.4) is 0 Å². The van der Waals surface area contributed by atoms with Gasteiger partial charge in [-0.2, -0.15) is 0 Å². The fourth-order valence-corrected chi connectivity index (χ4v) is 6.20. The fraction of sp³-hybridized carbons (Fsp3) is 0.105. The molecule has 8 heteroatoms. The molecule has 0 radical (unpaired) electrons. The maximum atomic E-state index is 11.5. The number of hydrogen-bond acceptors (Lipinski definition) is 4. The molecule has 0 fully saturated rings. The van der Waals surface area contributed by atoms with Gasteiger partial charge in [-0.05, 0) is 118 Å². The summed E-state index contributed by atoms with van der Waals surface area (Å²) in [6, 6.07) is 28.7. The quantitative estimate of drug-likeness (QED) is 0.162. The predicted octanol–water partition coefficient (Wildman–Crippen LogP) is 10.5. The third-order valence-electron chi connectivity index (χ3n) is 7.86. The van der Waals surface area contributed by atoms with E-state index in [0.717, 1.165) is 54.9 Å². The topological polar surface area (TPSA) is 93.1 Å². The first-order chi connectivity index (χ1) is 22.2. The molecular weight excluding hydrogens is 623 g/mol. The Hall–Kier alpha value is -5.04. The highest BCUT2D eigenvalue weighted by Gasteiger charge is 2.24. The summed E-state index contributed by atoms with van der Waals surface area (Å²) in [6.07, 6.45) is 0. The highest BCUT2D eigenvalue weighted by atomic mass is 35.5. The van der Waals surface area contributed by atoms with Crippen molar-refractivity contribution < 1.29 is 29.3 Å². The third-order valence-corrected chi connectivity index (χ3v) is 8.33. The monoisotopic (exact) mass is 650 g/mol. The van der Waals surface area contributed by atoms with Crippen LogP contribution in [0.1, 0.15) is 34.6 Å². The van der Waals surface area contributed by atoms with Gasteiger partial charge in [0.2, 0.25) is 0 Å². The Morgan fingerprint density at radius 1 is 0.543 bits per heavy atom. The molecule has 46 heavy (non-hydrogen) atoms. The average Bonchev–Trinajstić information content (AvgIpc) is 3.05. The Morgan fingerprint density at radius 2 is 0.913 bits per heavy atom. The summed E-state index contributed by atoms with van der Waals surface area (Å²) in [4.78, 5) is 23.1. The number of carboxylic acid groups (broad SMARTS) is 2. The minimum absolute atomic E-state index is 0.192. The summed E-state index contributed by atoms with van der Waals surface area (Å²) in [6.45, 7) is 4.63. The molecule has 230 valence electrons. The van der Waals surface area contributed by atoms with Crippen LogP contribution in [0.2, 0.25) is 10.0 Å². The van der Waals surface area contributed by atoms with Crippen molar-refractivity contribution in [1.82, 2.24) is 0 Å². The summed E-state index contributed by atoms with van der Waals surface area (Å²) in [5, 5.41) is 23.4. The zero-order valence-corrected chi connectivity index (χ0v) is 26.4. The van der Waals surface area contributed by atoms with E-state index in [2.05, 4.69) is 0 Å². The minimum Gasteiger partial charge on any atom is -0.493 e. The van der Waals surface area contributed by atoms with Crippen molar-refractivity contribution >= 4 is 56.7 Å². The molecule has 0 spiro atoms. The Balaban J connectivity index is 1.70. The van der Waals surface area contributed by atoms with Gasteiger partial charge >= 0.3 is 11.9 Å². The van der Waals surface area contributed by atoms with E-state index in [1.807, 2.05) is 62.4 Å². The summed E-state index contributed by atoms with van der Waals surface area (Å²) in [7, 11) is 0. The van der Waals surface area contributed by atoms with E-state index in [0.29, 0.717) is 34.8 Å². The number of benzene rings is 6. The van der Waals surface area contributed by atoms with Gasteiger partial charge in [-0.1, -0.05) is 59.6 Å². The molecule has 0 bridgehead atoms. The number of fused-ring (bicyclic) bond motifs is 2. The van der Waals surface area contributed by atoms with Gasteiger partial charge in [-0.25, -0.2) is 9.59 Å². The normalized spacial score (nSPS) is 11.1. The number of rotatable bonds is 9. The largest absolute Gasteiger partial charge is 0.493 e. The van der Waals surface area contributed by atoms with E-state index in [-0.39, 0.29) is 11.1 Å². The molecule has 0 aliphatic heterocycles. The second-order valence-electron chi connectivity index (χ2n) is 10.6. The van der Waals surface area contributed by atoms with Crippen LogP contribution in [0.5, 0.6) is 11.5 Å². The van der Waals surface area contributed by atoms with Crippen LogP contribution >= 0.6 is 23.2 Å². The van der Waals surface area contributed by atoms with Crippen LogP contribution in [0.15, 0.2) is 97.1 Å². The number of ether oxygens (including phenoxy) is 2. The molecule has 2 N–H and O–H groups in total. The van der Waals surface area contributed by atoms with Crippen molar-refractivity contribution in [3.05, 3.63) is 118 Å². The first kappa shape index (κ1) is 31.0. The summed E-state index contributed by atoms with van der Waals surface area (Å²) in [5.41, 5.74) is 5.29. The van der Waals surface area contributed by atoms with Crippen LogP contribution in [0, 0.1) is 0 Å². The molecule has 0 aliphatic carbocycles. The standard InChI is InChI=1S/C38H28Cl2O6/c1-3-45-33-19-29(21-5-9-23(10-6-21)37(41)42)31-17-25(39)13-15-27(31)35(33)36-28-16-14-26(40)18-32(28)30(20-34(36)46-4-2)22-7-11-24(12-8-22)38(43)44/h5-20H,3-4H2,1-2H3,(H,41,42)(H,43,44). The zero-order valence-electron chi connectivity index (χ0n) is 24.9. The second kappa shape index (κ2) is 12.8. The van der Waals surface area contributed by atoms with Crippen LogP contribution in [0.4, 0.5) is 0 Å². The van der Waals surface area contributed by atoms with E-state index in [4.69, 9.17) is 32.7 Å². The molecule has 0 heterocycles.